The fourth-order valence-corrected chi connectivity index (χ4v) is 2.14. The van der Waals surface area contributed by atoms with Gasteiger partial charge in [0, 0.05) is 6.20 Å². The summed E-state index contributed by atoms with van der Waals surface area (Å²) in [6.07, 6.45) is -4.52. The van der Waals surface area contributed by atoms with Crippen LogP contribution in [-0.4, -0.2) is 16.9 Å². The van der Waals surface area contributed by atoms with Crippen molar-refractivity contribution in [2.45, 2.75) is 6.18 Å². The van der Waals surface area contributed by atoms with Gasteiger partial charge in [-0.3, -0.25) is 10.1 Å². The lowest BCUT2D eigenvalue weighted by molar-refractivity contribution is -0.137. The van der Waals surface area contributed by atoms with Crippen molar-refractivity contribution in [1.29, 1.82) is 0 Å². The first-order valence-electron chi connectivity index (χ1n) is 6.65. The first-order valence-corrected chi connectivity index (χ1v) is 7.41. The highest BCUT2D eigenvalue weighted by atomic mass is 35.5. The highest BCUT2D eigenvalue weighted by Gasteiger charge is 2.35. The highest BCUT2D eigenvalue weighted by molar-refractivity contribution is 6.43. The number of urea groups is 1. The Morgan fingerprint density at radius 3 is 2.22 bits per heavy atom. The third-order valence-electron chi connectivity index (χ3n) is 2.89. The molecule has 0 fully saturated rings. The molecular weight excluding hydrogens is 424 g/mol. The second kappa shape index (κ2) is 7.92. The van der Waals surface area contributed by atoms with Gasteiger partial charge in [-0.05, 0) is 12.1 Å². The number of hydrogen-bond donors (Lipinski definition) is 2. The summed E-state index contributed by atoms with van der Waals surface area (Å²) in [4.78, 5) is 31.0. The Balaban J connectivity index is 2.06. The SMILES string of the molecule is O=C(NOc1ncc(C(F)(F)F)c(Cl)c1Cl)NC(=O)c1c(F)cccc1F. The van der Waals surface area contributed by atoms with Crippen LogP contribution in [0.3, 0.4) is 0 Å². The van der Waals surface area contributed by atoms with Crippen molar-refractivity contribution in [3.05, 3.63) is 57.2 Å². The molecule has 2 aromatic rings. The number of carbonyl (C=O) groups is 2. The zero-order valence-electron chi connectivity index (χ0n) is 12.6. The second-order valence-electron chi connectivity index (χ2n) is 4.69. The molecule has 2 N–H and O–H groups in total. The van der Waals surface area contributed by atoms with E-state index in [1.807, 2.05) is 0 Å². The van der Waals surface area contributed by atoms with E-state index in [9.17, 15) is 31.5 Å². The van der Waals surface area contributed by atoms with Crippen LogP contribution in [-0.2, 0) is 6.18 Å². The van der Waals surface area contributed by atoms with Gasteiger partial charge in [0.1, 0.15) is 22.2 Å². The Hall–Kier alpha value is -2.66. The van der Waals surface area contributed by atoms with Gasteiger partial charge in [0.15, 0.2) is 0 Å². The summed E-state index contributed by atoms with van der Waals surface area (Å²) in [7, 11) is 0. The predicted octanol–water partition coefficient (Wildman–Crippen LogP) is 4.12. The fraction of sp³-hybridized carbons (Fsp3) is 0.0714. The number of nitrogens with zero attached hydrogens (tertiary/aromatic N) is 1. The minimum Gasteiger partial charge on any atom is -0.356 e. The number of halogens is 7. The average molecular weight is 430 g/mol. The van der Waals surface area contributed by atoms with Crippen molar-refractivity contribution in [2.24, 2.45) is 0 Å². The fourth-order valence-electron chi connectivity index (χ4n) is 1.72. The van der Waals surface area contributed by atoms with Gasteiger partial charge < -0.3 is 4.84 Å². The maximum Gasteiger partial charge on any atom is 0.419 e. The summed E-state index contributed by atoms with van der Waals surface area (Å²) >= 11 is 11.0. The molecule has 1 heterocycles. The van der Waals surface area contributed by atoms with E-state index in [0.717, 1.165) is 18.2 Å². The first kappa shape index (κ1) is 20.6. The number of pyridine rings is 1. The molecule has 0 aliphatic heterocycles. The zero-order valence-corrected chi connectivity index (χ0v) is 14.1. The number of carbonyl (C=O) groups excluding carboxylic acids is 2. The zero-order chi connectivity index (χ0) is 20.4. The van der Waals surface area contributed by atoms with Crippen LogP contribution in [0.2, 0.25) is 10.0 Å². The van der Waals surface area contributed by atoms with Gasteiger partial charge in [-0.1, -0.05) is 29.3 Å². The number of alkyl halides is 3. The lowest BCUT2D eigenvalue weighted by atomic mass is 10.2. The van der Waals surface area contributed by atoms with Crippen molar-refractivity contribution >= 4 is 35.1 Å². The maximum absolute atomic E-state index is 13.4. The molecule has 0 unspecified atom stereocenters. The number of aromatic nitrogens is 1. The summed E-state index contributed by atoms with van der Waals surface area (Å²) < 4.78 is 64.8. The molecular formula is C14H6Cl2F5N3O3. The Morgan fingerprint density at radius 2 is 1.67 bits per heavy atom. The second-order valence-corrected chi connectivity index (χ2v) is 5.44. The van der Waals surface area contributed by atoms with Gasteiger partial charge in [-0.15, -0.1) is 0 Å². The number of hydrogen-bond acceptors (Lipinski definition) is 4. The van der Waals surface area contributed by atoms with E-state index in [1.165, 1.54) is 0 Å². The third kappa shape index (κ3) is 4.74. The van der Waals surface area contributed by atoms with Gasteiger partial charge >= 0.3 is 12.2 Å². The lowest BCUT2D eigenvalue weighted by Crippen LogP contribution is -2.41. The summed E-state index contributed by atoms with van der Waals surface area (Å²) in [5.41, 5.74) is -0.801. The van der Waals surface area contributed by atoms with Gasteiger partial charge in [0.05, 0.1) is 10.6 Å². The van der Waals surface area contributed by atoms with Crippen molar-refractivity contribution in [1.82, 2.24) is 15.8 Å². The molecule has 13 heteroatoms. The van der Waals surface area contributed by atoms with Gasteiger partial charge in [0.2, 0.25) is 0 Å². The normalized spacial score (nSPS) is 11.1. The third-order valence-corrected chi connectivity index (χ3v) is 3.73. The molecule has 0 aliphatic rings. The Bertz CT molecular complexity index is 888. The smallest absolute Gasteiger partial charge is 0.356 e. The molecule has 1 aromatic heterocycles. The van der Waals surface area contributed by atoms with Crippen LogP contribution in [0.4, 0.5) is 26.7 Å². The molecule has 27 heavy (non-hydrogen) atoms. The van der Waals surface area contributed by atoms with Crippen molar-refractivity contribution in [3.8, 4) is 5.88 Å². The Labute approximate surface area is 157 Å². The van der Waals surface area contributed by atoms with Gasteiger partial charge in [-0.2, -0.15) is 18.7 Å². The van der Waals surface area contributed by atoms with Crippen LogP contribution in [0.15, 0.2) is 24.4 Å². The minimum atomic E-state index is -4.83. The number of imide groups is 1. The van der Waals surface area contributed by atoms with Crippen LogP contribution in [0.5, 0.6) is 5.88 Å². The maximum atomic E-state index is 13.4. The average Bonchev–Trinajstić information content (AvgIpc) is 2.54. The van der Waals surface area contributed by atoms with E-state index in [2.05, 4.69) is 9.82 Å². The lowest BCUT2D eigenvalue weighted by Gasteiger charge is -2.12. The summed E-state index contributed by atoms with van der Waals surface area (Å²) in [6.45, 7) is 0. The Kier molecular flexibility index (Phi) is 6.06. The molecule has 0 aliphatic carbocycles. The highest BCUT2D eigenvalue weighted by Crippen LogP contribution is 2.40. The Morgan fingerprint density at radius 1 is 1.07 bits per heavy atom. The van der Waals surface area contributed by atoms with E-state index in [-0.39, 0.29) is 0 Å². The largest absolute Gasteiger partial charge is 0.419 e. The van der Waals surface area contributed by atoms with Crippen LogP contribution in [0, 0.1) is 11.6 Å². The molecule has 6 nitrogen and oxygen atoms in total. The molecule has 0 spiro atoms. The number of hydroxylamine groups is 1. The quantitative estimate of drug-likeness (QED) is 0.568. The molecule has 0 bridgehead atoms. The number of benzene rings is 1. The topological polar surface area (TPSA) is 80.3 Å². The summed E-state index contributed by atoms with van der Waals surface area (Å²) in [5, 5.41) is -0.155. The minimum absolute atomic E-state index is 0.309. The van der Waals surface area contributed by atoms with E-state index in [0.29, 0.717) is 6.20 Å². The monoisotopic (exact) mass is 429 g/mol. The molecule has 3 amide bonds. The number of amides is 3. The van der Waals surface area contributed by atoms with Gasteiger partial charge in [-0.25, -0.2) is 18.6 Å². The van der Waals surface area contributed by atoms with Crippen LogP contribution in [0.1, 0.15) is 15.9 Å². The molecule has 144 valence electrons. The van der Waals surface area contributed by atoms with E-state index >= 15 is 0 Å². The van der Waals surface area contributed by atoms with Crippen LogP contribution in [0.25, 0.3) is 0 Å². The standard InChI is InChI=1S/C14H6Cl2F5N3O3/c15-9-5(14(19,20)21)4-22-12(10(9)16)27-24-13(26)23-11(25)8-6(17)2-1-3-7(8)18/h1-4H,(H2,23,24,25,26). The molecule has 0 saturated heterocycles. The molecule has 1 aromatic carbocycles. The van der Waals surface area contributed by atoms with Crippen LogP contribution < -0.4 is 15.6 Å². The van der Waals surface area contributed by atoms with Crippen molar-refractivity contribution in [3.63, 3.8) is 0 Å². The molecule has 0 radical (unpaired) electrons. The summed E-state index contributed by atoms with van der Waals surface area (Å²) in [5.74, 6) is -4.59. The number of rotatable bonds is 3. The van der Waals surface area contributed by atoms with E-state index in [1.54, 1.807) is 10.8 Å². The molecule has 2 rings (SSSR count). The first-order chi connectivity index (χ1) is 12.5. The van der Waals surface area contributed by atoms with Crippen molar-refractivity contribution in [2.75, 3.05) is 0 Å². The molecule has 0 atom stereocenters. The molecule has 0 saturated carbocycles. The van der Waals surface area contributed by atoms with Gasteiger partial charge in [0.25, 0.3) is 11.8 Å². The summed E-state index contributed by atoms with van der Waals surface area (Å²) in [6, 6.07) is 1.18. The van der Waals surface area contributed by atoms with E-state index in [4.69, 9.17) is 23.2 Å². The van der Waals surface area contributed by atoms with Crippen molar-refractivity contribution < 1.29 is 36.4 Å². The van der Waals surface area contributed by atoms with Crippen LogP contribution >= 0.6 is 23.2 Å². The number of nitrogens with one attached hydrogen (secondary N) is 2. The van der Waals surface area contributed by atoms with E-state index < -0.39 is 56.8 Å². The predicted molar refractivity (Wildman–Crippen MR) is 82.2 cm³/mol.